The highest BCUT2D eigenvalue weighted by molar-refractivity contribution is 8.00. The van der Waals surface area contributed by atoms with Crippen molar-refractivity contribution in [2.24, 2.45) is 5.92 Å². The largest absolute Gasteiger partial charge is 0.467 e. The third-order valence-corrected chi connectivity index (χ3v) is 3.65. The van der Waals surface area contributed by atoms with Gasteiger partial charge in [-0.2, -0.15) is 0 Å². The SMILES string of the molecule is COC(=O)C(CC(C)C)NC(=O)CSc1ccccc1. The Morgan fingerprint density at radius 3 is 2.45 bits per heavy atom. The van der Waals surface area contributed by atoms with Crippen LogP contribution in [0.15, 0.2) is 35.2 Å². The summed E-state index contributed by atoms with van der Waals surface area (Å²) >= 11 is 1.44. The van der Waals surface area contributed by atoms with Gasteiger partial charge in [0, 0.05) is 4.90 Å². The highest BCUT2D eigenvalue weighted by Crippen LogP contribution is 2.16. The fraction of sp³-hybridized carbons (Fsp3) is 0.467. The van der Waals surface area contributed by atoms with E-state index in [1.807, 2.05) is 44.2 Å². The van der Waals surface area contributed by atoms with Crippen molar-refractivity contribution in [3.8, 4) is 0 Å². The van der Waals surface area contributed by atoms with E-state index < -0.39 is 12.0 Å². The van der Waals surface area contributed by atoms with Crippen LogP contribution in [0.2, 0.25) is 0 Å². The van der Waals surface area contributed by atoms with E-state index in [1.54, 1.807) is 0 Å². The van der Waals surface area contributed by atoms with Gasteiger partial charge >= 0.3 is 5.97 Å². The van der Waals surface area contributed by atoms with Crippen LogP contribution in [-0.2, 0) is 14.3 Å². The Morgan fingerprint density at radius 2 is 1.90 bits per heavy atom. The summed E-state index contributed by atoms with van der Waals surface area (Å²) in [6.45, 7) is 4.00. The molecule has 0 aliphatic rings. The predicted octanol–water partition coefficient (Wildman–Crippen LogP) is 2.48. The summed E-state index contributed by atoms with van der Waals surface area (Å²) in [5.41, 5.74) is 0. The number of hydrogen-bond donors (Lipinski definition) is 1. The zero-order valence-corrected chi connectivity index (χ0v) is 12.9. The fourth-order valence-electron chi connectivity index (χ4n) is 1.73. The molecule has 1 aromatic carbocycles. The molecule has 0 aromatic heterocycles. The number of carbonyl (C=O) groups excluding carboxylic acids is 2. The Hall–Kier alpha value is -1.49. The van der Waals surface area contributed by atoms with Gasteiger partial charge in [-0.3, -0.25) is 4.79 Å². The monoisotopic (exact) mass is 295 g/mol. The van der Waals surface area contributed by atoms with Gasteiger partial charge in [0.15, 0.2) is 0 Å². The van der Waals surface area contributed by atoms with Crippen LogP contribution in [0.4, 0.5) is 0 Å². The number of methoxy groups -OCH3 is 1. The highest BCUT2D eigenvalue weighted by atomic mass is 32.2. The summed E-state index contributed by atoms with van der Waals surface area (Å²) in [4.78, 5) is 24.5. The van der Waals surface area contributed by atoms with Crippen molar-refractivity contribution in [2.45, 2.75) is 31.2 Å². The molecule has 110 valence electrons. The maximum atomic E-state index is 11.9. The van der Waals surface area contributed by atoms with Crippen molar-refractivity contribution in [1.82, 2.24) is 5.32 Å². The summed E-state index contributed by atoms with van der Waals surface area (Å²) in [6.07, 6.45) is 0.578. The summed E-state index contributed by atoms with van der Waals surface area (Å²) in [5.74, 6) is 0.0446. The highest BCUT2D eigenvalue weighted by Gasteiger charge is 2.22. The first-order valence-electron chi connectivity index (χ1n) is 6.58. The molecule has 0 bridgehead atoms. The molecule has 0 spiro atoms. The lowest BCUT2D eigenvalue weighted by Gasteiger charge is -2.18. The zero-order valence-electron chi connectivity index (χ0n) is 12.1. The molecule has 0 saturated carbocycles. The van der Waals surface area contributed by atoms with Gasteiger partial charge < -0.3 is 10.1 Å². The molecule has 1 amide bonds. The van der Waals surface area contributed by atoms with Crippen molar-refractivity contribution >= 4 is 23.6 Å². The molecule has 1 aromatic rings. The van der Waals surface area contributed by atoms with Gasteiger partial charge in [-0.1, -0.05) is 32.0 Å². The van der Waals surface area contributed by atoms with Gasteiger partial charge in [-0.25, -0.2) is 4.79 Å². The third kappa shape index (κ3) is 6.10. The maximum Gasteiger partial charge on any atom is 0.328 e. The average molecular weight is 295 g/mol. The van der Waals surface area contributed by atoms with Crippen molar-refractivity contribution in [1.29, 1.82) is 0 Å². The van der Waals surface area contributed by atoms with Crippen LogP contribution < -0.4 is 5.32 Å². The molecule has 5 heteroatoms. The normalized spacial score (nSPS) is 12.0. The topological polar surface area (TPSA) is 55.4 Å². The average Bonchev–Trinajstić information content (AvgIpc) is 2.44. The number of nitrogens with one attached hydrogen (secondary N) is 1. The van der Waals surface area contributed by atoms with Gasteiger partial charge in [-0.15, -0.1) is 11.8 Å². The predicted molar refractivity (Wildman–Crippen MR) is 80.6 cm³/mol. The van der Waals surface area contributed by atoms with E-state index in [-0.39, 0.29) is 11.7 Å². The lowest BCUT2D eigenvalue weighted by Crippen LogP contribution is -2.43. The lowest BCUT2D eigenvalue weighted by atomic mass is 10.0. The second kappa shape index (κ2) is 8.64. The Kier molecular flexibility index (Phi) is 7.15. The van der Waals surface area contributed by atoms with Gasteiger partial charge in [0.05, 0.1) is 12.9 Å². The first-order chi connectivity index (χ1) is 9.52. The molecule has 0 heterocycles. The molecule has 4 nitrogen and oxygen atoms in total. The smallest absolute Gasteiger partial charge is 0.328 e. The minimum atomic E-state index is -0.566. The van der Waals surface area contributed by atoms with E-state index >= 15 is 0 Å². The van der Waals surface area contributed by atoms with E-state index in [0.717, 1.165) is 4.90 Å². The van der Waals surface area contributed by atoms with Crippen molar-refractivity contribution in [2.75, 3.05) is 12.9 Å². The molecule has 20 heavy (non-hydrogen) atoms. The molecule has 0 saturated heterocycles. The number of rotatable bonds is 7. The fourth-order valence-corrected chi connectivity index (χ4v) is 2.46. The second-order valence-electron chi connectivity index (χ2n) is 4.87. The number of amides is 1. The summed E-state index contributed by atoms with van der Waals surface area (Å²) < 4.78 is 4.72. The van der Waals surface area contributed by atoms with Crippen LogP contribution in [0.5, 0.6) is 0 Å². The summed E-state index contributed by atoms with van der Waals surface area (Å²) in [7, 11) is 1.33. The Morgan fingerprint density at radius 1 is 1.25 bits per heavy atom. The number of ether oxygens (including phenoxy) is 1. The van der Waals surface area contributed by atoms with Crippen molar-refractivity contribution in [3.63, 3.8) is 0 Å². The van der Waals surface area contributed by atoms with Crippen LogP contribution in [0.3, 0.4) is 0 Å². The van der Waals surface area contributed by atoms with Crippen LogP contribution >= 0.6 is 11.8 Å². The Bertz CT molecular complexity index is 434. The van der Waals surface area contributed by atoms with Crippen molar-refractivity contribution in [3.05, 3.63) is 30.3 Å². The molecule has 0 fully saturated rings. The van der Waals surface area contributed by atoms with Gasteiger partial charge in [-0.05, 0) is 24.5 Å². The van der Waals surface area contributed by atoms with Gasteiger partial charge in [0.1, 0.15) is 6.04 Å². The minimum Gasteiger partial charge on any atom is -0.467 e. The quantitative estimate of drug-likeness (QED) is 0.620. The molecule has 1 atom stereocenters. The first-order valence-corrected chi connectivity index (χ1v) is 7.56. The number of benzene rings is 1. The molecular formula is C15H21NO3S. The third-order valence-electron chi connectivity index (χ3n) is 2.64. The number of carbonyl (C=O) groups is 2. The van der Waals surface area contributed by atoms with Crippen LogP contribution in [0.25, 0.3) is 0 Å². The van der Waals surface area contributed by atoms with Gasteiger partial charge in [0.2, 0.25) is 5.91 Å². The summed E-state index contributed by atoms with van der Waals surface area (Å²) in [5, 5.41) is 2.73. The van der Waals surface area contributed by atoms with Crippen LogP contribution in [-0.4, -0.2) is 30.8 Å². The molecule has 0 aliphatic heterocycles. The van der Waals surface area contributed by atoms with Crippen molar-refractivity contribution < 1.29 is 14.3 Å². The van der Waals surface area contributed by atoms with Gasteiger partial charge in [0.25, 0.3) is 0 Å². The Balaban J connectivity index is 2.47. The van der Waals surface area contributed by atoms with E-state index in [9.17, 15) is 9.59 Å². The lowest BCUT2D eigenvalue weighted by molar-refractivity contribution is -0.145. The van der Waals surface area contributed by atoms with E-state index in [1.165, 1.54) is 18.9 Å². The first kappa shape index (κ1) is 16.6. The maximum absolute atomic E-state index is 11.9. The van der Waals surface area contributed by atoms with E-state index in [4.69, 9.17) is 4.74 Å². The van der Waals surface area contributed by atoms with E-state index in [0.29, 0.717) is 12.3 Å². The zero-order chi connectivity index (χ0) is 15.0. The second-order valence-corrected chi connectivity index (χ2v) is 5.92. The summed E-state index contributed by atoms with van der Waals surface area (Å²) in [6, 6.07) is 9.11. The molecule has 1 rings (SSSR count). The van der Waals surface area contributed by atoms with Crippen LogP contribution in [0.1, 0.15) is 20.3 Å². The molecular weight excluding hydrogens is 274 g/mol. The number of hydrogen-bond acceptors (Lipinski definition) is 4. The molecule has 0 radical (unpaired) electrons. The van der Waals surface area contributed by atoms with E-state index in [2.05, 4.69) is 5.32 Å². The molecule has 1 N–H and O–H groups in total. The van der Waals surface area contributed by atoms with Crippen LogP contribution in [0, 0.1) is 5.92 Å². The Labute approximate surface area is 124 Å². The standard InChI is InChI=1S/C15H21NO3S/c1-11(2)9-13(15(18)19-3)16-14(17)10-20-12-7-5-4-6-8-12/h4-8,11,13H,9-10H2,1-3H3,(H,16,17). The number of thioether (sulfide) groups is 1. The minimum absolute atomic E-state index is 0.157. The number of esters is 1. The molecule has 0 aliphatic carbocycles. The molecule has 1 unspecified atom stereocenters.